The lowest BCUT2D eigenvalue weighted by molar-refractivity contribution is -0.125. The Morgan fingerprint density at radius 1 is 0.883 bits per heavy atom. The van der Waals surface area contributed by atoms with Gasteiger partial charge in [-0.3, -0.25) is 24.2 Å². The topological polar surface area (TPSA) is 132 Å². The summed E-state index contributed by atoms with van der Waals surface area (Å²) < 4.78 is 6.36. The Morgan fingerprint density at radius 2 is 1.58 bits per heavy atom. The quantitative estimate of drug-likeness (QED) is 0.117. The molecule has 1 fully saturated rings. The number of benzene rings is 4. The standard InChI is InChI=1S/C41H37N3O4.C8H16N2O2/c45-25-33-16-31-21-43(22-32(31)17-34(33)26-46)20-27-6-15-40(42-19-27)44-23-37(24-44)48-36-11-7-29(8-12-36)41-38(28-4-2-1-3-5-28)13-9-30-18-35(47)10-14-39(30)41;1-9-8(12)7(10(2)3)5-4-6-11/h1-8,10-12,14-19,25-26,37-38,41,47H,9,13,20-24H2;6-7H,4-5H2,1-3H3,(H,9,12). The molecule has 2 aliphatic heterocycles. The fourth-order valence-corrected chi connectivity index (χ4v) is 8.77. The number of nitrogens with zero attached hydrogens (tertiary/aromatic N) is 4. The third-order valence-corrected chi connectivity index (χ3v) is 11.9. The van der Waals surface area contributed by atoms with Crippen molar-refractivity contribution in [3.8, 4) is 11.5 Å². The van der Waals surface area contributed by atoms with Crippen molar-refractivity contribution in [2.75, 3.05) is 39.1 Å². The number of fused-ring (bicyclic) bond motifs is 2. The number of pyridine rings is 1. The van der Waals surface area contributed by atoms with Gasteiger partial charge in [0.1, 0.15) is 29.7 Å². The summed E-state index contributed by atoms with van der Waals surface area (Å²) in [7, 11) is 5.25. The van der Waals surface area contributed by atoms with E-state index < -0.39 is 0 Å². The maximum absolute atomic E-state index is 11.3. The predicted octanol–water partition coefficient (Wildman–Crippen LogP) is 6.70. The zero-order valence-corrected chi connectivity index (χ0v) is 34.5. The molecule has 0 saturated carbocycles. The molecule has 8 rings (SSSR count). The third kappa shape index (κ3) is 9.65. The first-order valence-corrected chi connectivity index (χ1v) is 20.6. The molecule has 0 radical (unpaired) electrons. The maximum Gasteiger partial charge on any atom is 0.237 e. The normalized spacial score (nSPS) is 17.6. The maximum atomic E-state index is 11.3. The van der Waals surface area contributed by atoms with E-state index in [9.17, 15) is 24.3 Å². The van der Waals surface area contributed by atoms with Gasteiger partial charge in [0, 0.05) is 56.3 Å². The Labute approximate surface area is 352 Å². The zero-order chi connectivity index (χ0) is 42.2. The molecule has 3 unspecified atom stereocenters. The Balaban J connectivity index is 0.000000397. The Morgan fingerprint density at radius 3 is 2.18 bits per heavy atom. The fraction of sp³-hybridized carbons (Fsp3) is 0.327. The van der Waals surface area contributed by atoms with Gasteiger partial charge in [-0.1, -0.05) is 54.6 Å². The van der Waals surface area contributed by atoms with E-state index in [4.69, 9.17) is 9.72 Å². The van der Waals surface area contributed by atoms with Crippen LogP contribution < -0.4 is 15.0 Å². The Kier molecular flexibility index (Phi) is 13.5. The smallest absolute Gasteiger partial charge is 0.237 e. The summed E-state index contributed by atoms with van der Waals surface area (Å²) in [6.45, 7) is 3.80. The van der Waals surface area contributed by atoms with Gasteiger partial charge in [0.15, 0.2) is 12.6 Å². The average molecular weight is 808 g/mol. The van der Waals surface area contributed by atoms with Gasteiger partial charge in [0.2, 0.25) is 5.91 Å². The zero-order valence-electron chi connectivity index (χ0n) is 34.5. The molecule has 0 bridgehead atoms. The lowest BCUT2D eigenvalue weighted by atomic mass is 9.69. The van der Waals surface area contributed by atoms with Crippen molar-refractivity contribution < 1.29 is 29.0 Å². The van der Waals surface area contributed by atoms with Gasteiger partial charge in [-0.25, -0.2) is 4.98 Å². The minimum absolute atomic E-state index is 0.0400. The van der Waals surface area contributed by atoms with Gasteiger partial charge in [0.25, 0.3) is 0 Å². The number of hydrogen-bond acceptors (Lipinski definition) is 10. The molecule has 3 aliphatic rings. The van der Waals surface area contributed by atoms with Crippen LogP contribution in [-0.4, -0.2) is 91.0 Å². The van der Waals surface area contributed by atoms with Gasteiger partial charge in [-0.15, -0.1) is 0 Å². The second-order valence-corrected chi connectivity index (χ2v) is 16.1. The number of aldehydes is 3. The van der Waals surface area contributed by atoms with E-state index in [2.05, 4.69) is 87.9 Å². The number of anilines is 1. The molecular formula is C49H53N5O6. The van der Waals surface area contributed by atoms with Crippen LogP contribution in [0.3, 0.4) is 0 Å². The fourth-order valence-electron chi connectivity index (χ4n) is 8.77. The van der Waals surface area contributed by atoms with E-state index >= 15 is 0 Å². The van der Waals surface area contributed by atoms with Gasteiger partial charge in [-0.2, -0.15) is 0 Å². The number of amides is 1. The summed E-state index contributed by atoms with van der Waals surface area (Å²) in [5, 5.41) is 12.7. The van der Waals surface area contributed by atoms with Crippen molar-refractivity contribution >= 4 is 30.6 Å². The van der Waals surface area contributed by atoms with E-state index in [1.807, 2.05) is 49.5 Å². The monoisotopic (exact) mass is 807 g/mol. The van der Waals surface area contributed by atoms with E-state index in [0.717, 1.165) is 92.7 Å². The van der Waals surface area contributed by atoms with Crippen LogP contribution in [0, 0.1) is 0 Å². The van der Waals surface area contributed by atoms with E-state index in [0.29, 0.717) is 35.6 Å². The second kappa shape index (κ2) is 19.3. The summed E-state index contributed by atoms with van der Waals surface area (Å²) in [6, 6.07) is 32.9. The molecule has 1 saturated heterocycles. The SMILES string of the molecule is CNC(=O)C(CCC=O)N(C)C.O=Cc1cc2c(cc1C=O)CN(Cc1ccc(N3CC(Oc4ccc(C5c6ccc(O)cc6CCC5c5ccccc5)cc4)C3)nc1)C2. The molecule has 1 aromatic heterocycles. The van der Waals surface area contributed by atoms with Crippen LogP contribution >= 0.6 is 0 Å². The third-order valence-electron chi connectivity index (χ3n) is 11.9. The van der Waals surface area contributed by atoms with Crippen LogP contribution in [0.1, 0.15) is 90.8 Å². The number of phenols is 1. The van der Waals surface area contributed by atoms with E-state index in [-0.39, 0.29) is 24.0 Å². The number of carbonyl (C=O) groups is 4. The van der Waals surface area contributed by atoms with Gasteiger partial charge >= 0.3 is 0 Å². The highest BCUT2D eigenvalue weighted by Gasteiger charge is 2.33. The highest BCUT2D eigenvalue weighted by atomic mass is 16.5. The first kappa shape index (κ1) is 42.0. The molecule has 1 aliphatic carbocycles. The predicted molar refractivity (Wildman–Crippen MR) is 232 cm³/mol. The molecular weight excluding hydrogens is 755 g/mol. The minimum Gasteiger partial charge on any atom is -0.508 e. The Hall–Kier alpha value is -6.17. The molecule has 11 nitrogen and oxygen atoms in total. The van der Waals surface area contributed by atoms with Crippen LogP contribution in [0.2, 0.25) is 0 Å². The molecule has 5 aromatic rings. The summed E-state index contributed by atoms with van der Waals surface area (Å²) in [4.78, 5) is 55.1. The number of aromatic hydroxyl groups is 1. The number of likely N-dealkylation sites (N-methyl/N-ethyl adjacent to an activating group) is 2. The van der Waals surface area contributed by atoms with E-state index in [1.54, 1.807) is 7.05 Å². The molecule has 0 spiro atoms. The average Bonchev–Trinajstić information content (AvgIpc) is 3.65. The van der Waals surface area contributed by atoms with Crippen LogP contribution in [-0.2, 0) is 35.6 Å². The van der Waals surface area contributed by atoms with Gasteiger partial charge < -0.3 is 24.9 Å². The van der Waals surface area contributed by atoms with Crippen LogP contribution in [0.15, 0.2) is 103 Å². The molecule has 11 heteroatoms. The van der Waals surface area contributed by atoms with Crippen LogP contribution in [0.5, 0.6) is 11.5 Å². The summed E-state index contributed by atoms with van der Waals surface area (Å²) in [5.74, 6) is 2.69. The minimum atomic E-state index is -0.194. The number of carbonyl (C=O) groups excluding carboxylic acids is 4. The van der Waals surface area contributed by atoms with E-state index in [1.165, 1.54) is 22.3 Å². The number of aromatic nitrogens is 1. The molecule has 3 atom stereocenters. The highest BCUT2D eigenvalue weighted by molar-refractivity contribution is 5.91. The van der Waals surface area contributed by atoms with Crippen LogP contribution in [0.4, 0.5) is 5.82 Å². The number of aryl methyl sites for hydroxylation is 1. The van der Waals surface area contributed by atoms with Crippen molar-refractivity contribution in [3.05, 3.63) is 153 Å². The molecule has 1 amide bonds. The summed E-state index contributed by atoms with van der Waals surface area (Å²) in [6.07, 6.45) is 7.38. The number of hydrogen-bond donors (Lipinski definition) is 2. The van der Waals surface area contributed by atoms with Gasteiger partial charge in [-0.05, 0) is 121 Å². The number of rotatable bonds is 14. The first-order valence-electron chi connectivity index (χ1n) is 20.6. The van der Waals surface area contributed by atoms with Gasteiger partial charge in [0.05, 0.1) is 19.1 Å². The Bertz CT molecular complexity index is 2240. The van der Waals surface area contributed by atoms with Crippen molar-refractivity contribution in [2.45, 2.75) is 69.3 Å². The molecule has 60 heavy (non-hydrogen) atoms. The van der Waals surface area contributed by atoms with Crippen molar-refractivity contribution in [3.63, 3.8) is 0 Å². The number of phenolic OH excluding ortho intramolecular Hbond substituents is 1. The molecule has 2 N–H and O–H groups in total. The molecule has 310 valence electrons. The lowest BCUT2D eigenvalue weighted by Crippen LogP contribution is -2.54. The lowest BCUT2D eigenvalue weighted by Gasteiger charge is -2.40. The largest absolute Gasteiger partial charge is 0.508 e. The first-order chi connectivity index (χ1) is 29.2. The van der Waals surface area contributed by atoms with Crippen molar-refractivity contribution in [2.24, 2.45) is 0 Å². The summed E-state index contributed by atoms with van der Waals surface area (Å²) >= 11 is 0. The number of nitrogens with one attached hydrogen (secondary N) is 1. The molecule has 3 heterocycles. The second-order valence-electron chi connectivity index (χ2n) is 16.1. The number of ether oxygens (including phenoxy) is 1. The highest BCUT2D eigenvalue weighted by Crippen LogP contribution is 2.47. The van der Waals surface area contributed by atoms with Crippen LogP contribution in [0.25, 0.3) is 0 Å². The van der Waals surface area contributed by atoms with Crippen molar-refractivity contribution in [1.29, 1.82) is 0 Å². The van der Waals surface area contributed by atoms with Crippen molar-refractivity contribution in [1.82, 2.24) is 20.1 Å². The molecule has 4 aromatic carbocycles. The summed E-state index contributed by atoms with van der Waals surface area (Å²) in [5.41, 5.74) is 9.37.